The van der Waals surface area contributed by atoms with Gasteiger partial charge in [-0.2, -0.15) is 0 Å². The van der Waals surface area contributed by atoms with Crippen molar-refractivity contribution < 1.29 is 34.9 Å². The molecule has 208 valence electrons. The molecule has 0 aromatic rings. The fourth-order valence-electron chi connectivity index (χ4n) is 5.10. The molecular weight excluding hydrogens is 474 g/mol. The van der Waals surface area contributed by atoms with Gasteiger partial charge in [0.1, 0.15) is 12.1 Å². The Balaban J connectivity index is 2.00. The second-order valence-corrected chi connectivity index (χ2v) is 12.7. The third-order valence-corrected chi connectivity index (χ3v) is 7.19. The van der Waals surface area contributed by atoms with E-state index in [4.69, 9.17) is 16.7 Å². The van der Waals surface area contributed by atoms with Gasteiger partial charge in [-0.25, -0.2) is 4.79 Å². The summed E-state index contributed by atoms with van der Waals surface area (Å²) in [7, 11) is 0. The van der Waals surface area contributed by atoms with E-state index in [9.17, 15) is 24.0 Å². The zero-order valence-electron chi connectivity index (χ0n) is 30.8. The molecule has 1 saturated heterocycles. The summed E-state index contributed by atoms with van der Waals surface area (Å²) in [6.45, 7) is 14.2. The van der Waals surface area contributed by atoms with E-state index in [-0.39, 0.29) is 12.5 Å². The monoisotopic (exact) mass is 527 g/mol. The van der Waals surface area contributed by atoms with Crippen LogP contribution in [0.1, 0.15) is 91.9 Å². The Morgan fingerprint density at radius 2 is 1.70 bits per heavy atom. The van der Waals surface area contributed by atoms with Crippen LogP contribution < -0.4 is 21.7 Å². The molecule has 0 aromatic heterocycles. The number of fused-ring (bicyclic) bond motifs is 1. The summed E-state index contributed by atoms with van der Waals surface area (Å²) >= 11 is 0. The SMILES string of the molecule is [2H]C1([2H])C([2H])([2H])C([2H])(C[C@@]([2H])(NC(=O)[C@@H]2[C@@H]3[C@H](CN2C(=O)[C@@H](NC(=O)NC(C)(C)C)C(C)(C)C)C3(C)C)C(=O)C(N)=O)C1([2H])[2H]. The Morgan fingerprint density at radius 1 is 1.11 bits per heavy atom. The van der Waals surface area contributed by atoms with E-state index in [2.05, 4.69) is 16.0 Å². The number of primary amides is 1. The lowest BCUT2D eigenvalue weighted by Crippen LogP contribution is -2.62. The number of Topliss-reactive ketones (excluding diaryl/α,β-unsaturated/α-hetero) is 1. The minimum absolute atomic E-state index is 0.0895. The van der Waals surface area contributed by atoms with Gasteiger partial charge in [-0.1, -0.05) is 53.7 Å². The topological polar surface area (TPSA) is 151 Å². The van der Waals surface area contributed by atoms with Crippen LogP contribution in [-0.2, 0) is 19.2 Å². The zero-order chi connectivity index (χ0) is 35.3. The number of carbonyl (C=O) groups is 5. The summed E-state index contributed by atoms with van der Waals surface area (Å²) in [4.78, 5) is 67.1. The van der Waals surface area contributed by atoms with Crippen LogP contribution in [0.25, 0.3) is 0 Å². The number of rotatable bonds is 8. The molecule has 0 radical (unpaired) electrons. The first kappa shape index (κ1) is 19.4. The molecule has 37 heavy (non-hydrogen) atoms. The average Bonchev–Trinajstić information content (AvgIpc) is 3.17. The number of nitrogens with two attached hydrogens (primary N) is 1. The summed E-state index contributed by atoms with van der Waals surface area (Å²) in [6, 6.07) is -6.24. The standard InChI is InChI=1S/C27H45N5O5/c1-25(2,3)20(30-24(37)31-26(4,5)6)23(36)32-13-15-17(27(15,7)8)18(32)22(35)29-16(19(33)21(28)34)12-14-10-9-11-14/h14-18,20H,9-13H2,1-8H3,(H2,28,34)(H,29,35)(H2,30,31,37)/t15-,16+,17-,18-,20+/m0/s1/i9D2,10D2,11D2,14D,16D. The largest absolute Gasteiger partial charge is 0.363 e. The van der Waals surface area contributed by atoms with Crippen molar-refractivity contribution in [3.63, 3.8) is 0 Å². The van der Waals surface area contributed by atoms with Gasteiger partial charge < -0.3 is 26.6 Å². The van der Waals surface area contributed by atoms with Gasteiger partial charge >= 0.3 is 6.03 Å². The van der Waals surface area contributed by atoms with E-state index in [0.717, 1.165) is 0 Å². The number of nitrogens with one attached hydrogen (secondary N) is 3. The maximum atomic E-state index is 14.1. The number of ketones is 1. The number of likely N-dealkylation sites (tertiary alicyclic amines) is 1. The maximum absolute atomic E-state index is 14.1. The second kappa shape index (κ2) is 9.91. The van der Waals surface area contributed by atoms with Gasteiger partial charge in [0.25, 0.3) is 5.91 Å². The van der Waals surface area contributed by atoms with Crippen LogP contribution >= 0.6 is 0 Å². The van der Waals surface area contributed by atoms with Crippen molar-refractivity contribution in [1.29, 1.82) is 0 Å². The van der Waals surface area contributed by atoms with Crippen LogP contribution in [0, 0.1) is 28.6 Å². The highest BCUT2D eigenvalue weighted by Crippen LogP contribution is 2.65. The lowest BCUT2D eigenvalue weighted by atomic mass is 9.80. The predicted molar refractivity (Wildman–Crippen MR) is 139 cm³/mol. The lowest BCUT2D eigenvalue weighted by Gasteiger charge is -2.38. The van der Waals surface area contributed by atoms with Gasteiger partial charge in [-0.05, 0) is 55.8 Å². The van der Waals surface area contributed by atoms with Crippen molar-refractivity contribution in [2.45, 2.75) is 105 Å². The number of carbonyl (C=O) groups excluding carboxylic acids is 5. The first-order valence-electron chi connectivity index (χ1n) is 16.4. The van der Waals surface area contributed by atoms with Crippen molar-refractivity contribution in [3.05, 3.63) is 0 Å². The lowest BCUT2D eigenvalue weighted by molar-refractivity contribution is -0.145. The summed E-state index contributed by atoms with van der Waals surface area (Å²) in [5.41, 5.74) is 3.24. The quantitative estimate of drug-likeness (QED) is 0.354. The molecule has 0 bridgehead atoms. The molecule has 5 atom stereocenters. The minimum atomic E-state index is -3.24. The Hall–Kier alpha value is -2.65. The normalized spacial score (nSPS) is 35.2. The minimum Gasteiger partial charge on any atom is -0.363 e. The maximum Gasteiger partial charge on any atom is 0.315 e. The first-order valence-corrected chi connectivity index (χ1v) is 12.4. The number of hydrogen-bond donors (Lipinski definition) is 4. The molecule has 0 spiro atoms. The van der Waals surface area contributed by atoms with Crippen LogP contribution in [0.2, 0.25) is 0 Å². The van der Waals surface area contributed by atoms with Crippen molar-refractivity contribution in [2.24, 2.45) is 34.3 Å². The van der Waals surface area contributed by atoms with E-state index in [1.807, 2.05) is 13.8 Å². The number of hydrogen-bond acceptors (Lipinski definition) is 5. The summed E-state index contributed by atoms with van der Waals surface area (Å²) < 4.78 is 65.4. The van der Waals surface area contributed by atoms with Crippen LogP contribution in [0.4, 0.5) is 4.79 Å². The van der Waals surface area contributed by atoms with Crippen molar-refractivity contribution in [2.75, 3.05) is 6.54 Å². The molecule has 2 aliphatic carbocycles. The van der Waals surface area contributed by atoms with Crippen LogP contribution in [0.15, 0.2) is 0 Å². The molecule has 5 amide bonds. The summed E-state index contributed by atoms with van der Waals surface area (Å²) in [5.74, 6) is -8.96. The zero-order valence-corrected chi connectivity index (χ0v) is 22.8. The van der Waals surface area contributed by atoms with E-state index in [1.54, 1.807) is 41.5 Å². The first-order chi connectivity index (χ1) is 19.8. The Kier molecular flexibility index (Phi) is 5.20. The van der Waals surface area contributed by atoms with Gasteiger partial charge in [0.05, 0.1) is 7.39 Å². The molecule has 0 aromatic carbocycles. The van der Waals surface area contributed by atoms with Gasteiger partial charge in [-0.3, -0.25) is 19.2 Å². The van der Waals surface area contributed by atoms with Crippen LogP contribution in [-0.4, -0.2) is 64.6 Å². The van der Waals surface area contributed by atoms with Gasteiger partial charge in [-0.15, -0.1) is 0 Å². The smallest absolute Gasteiger partial charge is 0.315 e. The molecule has 3 fully saturated rings. The Labute approximate surface area is 231 Å². The highest BCUT2D eigenvalue weighted by molar-refractivity contribution is 6.37. The summed E-state index contributed by atoms with van der Waals surface area (Å²) in [6.07, 6.45) is -11.1. The third-order valence-electron chi connectivity index (χ3n) is 7.19. The molecule has 5 N–H and O–H groups in total. The van der Waals surface area contributed by atoms with Crippen molar-refractivity contribution in [3.8, 4) is 0 Å². The van der Waals surface area contributed by atoms with E-state index in [0.29, 0.717) is 0 Å². The molecule has 10 nitrogen and oxygen atoms in total. The molecule has 2 saturated carbocycles. The molecule has 10 heteroatoms. The molecule has 0 unspecified atom stereocenters. The van der Waals surface area contributed by atoms with E-state index < -0.39 is 101 Å². The summed E-state index contributed by atoms with van der Waals surface area (Å²) in [5, 5.41) is 7.49. The number of piperidine rings is 1. The molecule has 3 rings (SSSR count). The molecular formula is C27H45N5O5. The Bertz CT molecular complexity index is 1290. The van der Waals surface area contributed by atoms with Crippen molar-refractivity contribution in [1.82, 2.24) is 20.9 Å². The number of urea groups is 1. The number of amides is 5. The highest BCUT2D eigenvalue weighted by atomic mass is 16.2. The third kappa shape index (κ3) is 6.26. The fraction of sp³-hybridized carbons (Fsp3) is 0.815. The van der Waals surface area contributed by atoms with Gasteiger partial charge in [0, 0.05) is 21.7 Å². The Morgan fingerprint density at radius 3 is 2.22 bits per heavy atom. The van der Waals surface area contributed by atoms with Crippen LogP contribution in [0.5, 0.6) is 0 Å². The molecule has 1 heterocycles. The van der Waals surface area contributed by atoms with Gasteiger partial charge in [0.2, 0.25) is 17.6 Å². The molecule has 3 aliphatic rings. The van der Waals surface area contributed by atoms with Gasteiger partial charge in [0.15, 0.2) is 0 Å². The predicted octanol–water partition coefficient (Wildman–Crippen LogP) is 1.71. The second-order valence-electron chi connectivity index (χ2n) is 12.7. The highest BCUT2D eigenvalue weighted by Gasteiger charge is 2.70. The molecule has 1 aliphatic heterocycles. The van der Waals surface area contributed by atoms with E-state index in [1.165, 1.54) is 4.90 Å². The average molecular weight is 528 g/mol. The fourth-order valence-corrected chi connectivity index (χ4v) is 5.10. The number of nitrogens with zero attached hydrogens (tertiary/aromatic N) is 1. The van der Waals surface area contributed by atoms with Crippen molar-refractivity contribution >= 4 is 29.5 Å². The van der Waals surface area contributed by atoms with E-state index >= 15 is 0 Å². The van der Waals surface area contributed by atoms with Crippen LogP contribution in [0.3, 0.4) is 0 Å².